The lowest BCUT2D eigenvalue weighted by molar-refractivity contribution is -0.139. The fourth-order valence-electron chi connectivity index (χ4n) is 4.75. The number of carbonyl (C=O) groups excluding carboxylic acids is 1. The molecule has 1 heterocycles. The van der Waals surface area contributed by atoms with E-state index in [0.29, 0.717) is 31.1 Å². The van der Waals surface area contributed by atoms with E-state index in [0.717, 1.165) is 47.9 Å². The normalized spacial score (nSPS) is 14.8. The average molecular weight is 459 g/mol. The molecule has 1 aromatic heterocycles. The van der Waals surface area contributed by atoms with Crippen LogP contribution in [-0.4, -0.2) is 35.1 Å². The van der Waals surface area contributed by atoms with Crippen LogP contribution in [0.5, 0.6) is 5.75 Å². The van der Waals surface area contributed by atoms with Crippen molar-refractivity contribution >= 4 is 11.9 Å². The molecule has 0 fully saturated rings. The highest BCUT2D eigenvalue weighted by atomic mass is 16.5. The molecule has 1 aliphatic carbocycles. The highest BCUT2D eigenvalue weighted by Crippen LogP contribution is 2.38. The summed E-state index contributed by atoms with van der Waals surface area (Å²) in [6.45, 7) is 0.286. The highest BCUT2D eigenvalue weighted by molar-refractivity contribution is 5.77. The lowest BCUT2D eigenvalue weighted by Gasteiger charge is -2.27. The summed E-state index contributed by atoms with van der Waals surface area (Å²) in [5.41, 5.74) is 5.64. The van der Waals surface area contributed by atoms with Crippen molar-refractivity contribution in [1.82, 2.24) is 10.3 Å². The van der Waals surface area contributed by atoms with Gasteiger partial charge in [-0.1, -0.05) is 42.5 Å². The zero-order chi connectivity index (χ0) is 23.8. The molecule has 176 valence electrons. The van der Waals surface area contributed by atoms with Gasteiger partial charge in [-0.15, -0.1) is 0 Å². The number of fused-ring (bicyclic) bond motifs is 1. The fourth-order valence-corrected chi connectivity index (χ4v) is 4.75. The number of carboxylic acid groups (broad SMARTS) is 1. The average Bonchev–Trinajstić information content (AvgIpc) is 2.87. The molecule has 1 aliphatic rings. The van der Waals surface area contributed by atoms with Crippen molar-refractivity contribution in [1.29, 1.82) is 0 Å². The SMILES string of the molecule is O=C(O)COc1cccc2c1CCCC2CCNC(=O)CCc1ccccc1-c1cccnc1. The Balaban J connectivity index is 1.30. The molecule has 4 rings (SSSR count). The molecule has 0 saturated heterocycles. The number of benzene rings is 2. The van der Waals surface area contributed by atoms with E-state index < -0.39 is 5.97 Å². The van der Waals surface area contributed by atoms with Gasteiger partial charge in [-0.3, -0.25) is 9.78 Å². The Morgan fingerprint density at radius 1 is 1.09 bits per heavy atom. The van der Waals surface area contributed by atoms with Crippen LogP contribution in [-0.2, 0) is 22.4 Å². The Morgan fingerprint density at radius 2 is 1.97 bits per heavy atom. The number of nitrogens with zero attached hydrogens (tertiary/aromatic N) is 1. The minimum atomic E-state index is -0.976. The number of nitrogens with one attached hydrogen (secondary N) is 1. The summed E-state index contributed by atoms with van der Waals surface area (Å²) in [5.74, 6) is 0.0796. The molecule has 1 unspecified atom stereocenters. The Kier molecular flexibility index (Phi) is 7.91. The van der Waals surface area contributed by atoms with Crippen molar-refractivity contribution in [2.24, 2.45) is 0 Å². The van der Waals surface area contributed by atoms with Gasteiger partial charge in [0.2, 0.25) is 5.91 Å². The van der Waals surface area contributed by atoms with E-state index in [-0.39, 0.29) is 12.5 Å². The van der Waals surface area contributed by atoms with Crippen LogP contribution in [0.3, 0.4) is 0 Å². The maximum atomic E-state index is 12.6. The smallest absolute Gasteiger partial charge is 0.341 e. The molecule has 0 bridgehead atoms. The predicted octanol–water partition coefficient (Wildman–Crippen LogP) is 4.77. The van der Waals surface area contributed by atoms with Gasteiger partial charge in [0.05, 0.1) is 0 Å². The van der Waals surface area contributed by atoms with E-state index in [1.807, 2.05) is 42.6 Å². The van der Waals surface area contributed by atoms with Gasteiger partial charge in [0.25, 0.3) is 0 Å². The third-order valence-electron chi connectivity index (χ3n) is 6.37. The molecule has 6 nitrogen and oxygen atoms in total. The number of aromatic nitrogens is 1. The second kappa shape index (κ2) is 11.5. The number of hydrogen-bond donors (Lipinski definition) is 2. The van der Waals surface area contributed by atoms with Gasteiger partial charge >= 0.3 is 5.97 Å². The van der Waals surface area contributed by atoms with E-state index in [2.05, 4.69) is 28.5 Å². The topological polar surface area (TPSA) is 88.5 Å². The monoisotopic (exact) mass is 458 g/mol. The van der Waals surface area contributed by atoms with Crippen molar-refractivity contribution < 1.29 is 19.4 Å². The van der Waals surface area contributed by atoms with Gasteiger partial charge in [0, 0.05) is 30.9 Å². The van der Waals surface area contributed by atoms with Crippen LogP contribution in [0.2, 0.25) is 0 Å². The molecule has 2 aromatic carbocycles. The summed E-state index contributed by atoms with van der Waals surface area (Å²) in [6, 6.07) is 18.0. The summed E-state index contributed by atoms with van der Waals surface area (Å²) in [5, 5.41) is 12.0. The Morgan fingerprint density at radius 3 is 2.79 bits per heavy atom. The lowest BCUT2D eigenvalue weighted by atomic mass is 9.80. The highest BCUT2D eigenvalue weighted by Gasteiger charge is 2.23. The van der Waals surface area contributed by atoms with Gasteiger partial charge in [0.1, 0.15) is 5.75 Å². The third kappa shape index (κ3) is 6.01. The minimum absolute atomic E-state index is 0.0514. The molecule has 2 N–H and O–H groups in total. The molecule has 34 heavy (non-hydrogen) atoms. The minimum Gasteiger partial charge on any atom is -0.482 e. The molecule has 3 aromatic rings. The molecule has 1 amide bonds. The van der Waals surface area contributed by atoms with Crippen LogP contribution in [0.25, 0.3) is 11.1 Å². The standard InChI is InChI=1S/C28H30N2O4/c31-27(14-13-20-6-1-2-9-23(20)22-8-5-16-29-18-22)30-17-15-21-7-3-11-25-24(21)10-4-12-26(25)34-19-28(32)33/h1-2,4-6,8-10,12,16,18,21H,3,7,11,13-15,17,19H2,(H,30,31)(H,32,33). The first-order chi connectivity index (χ1) is 16.6. The molecule has 6 heteroatoms. The van der Waals surface area contributed by atoms with Gasteiger partial charge in [-0.05, 0) is 72.4 Å². The summed E-state index contributed by atoms with van der Waals surface area (Å²) >= 11 is 0. The number of rotatable bonds is 10. The molecule has 0 saturated carbocycles. The molecular formula is C28H30N2O4. The number of carbonyl (C=O) groups is 2. The van der Waals surface area contributed by atoms with E-state index in [9.17, 15) is 9.59 Å². The number of aryl methyl sites for hydroxylation is 1. The molecule has 0 spiro atoms. The van der Waals surface area contributed by atoms with Crippen LogP contribution in [0.1, 0.15) is 48.3 Å². The first kappa shape index (κ1) is 23.5. The van der Waals surface area contributed by atoms with Crippen molar-refractivity contribution in [2.75, 3.05) is 13.2 Å². The van der Waals surface area contributed by atoms with Crippen LogP contribution < -0.4 is 10.1 Å². The van der Waals surface area contributed by atoms with E-state index in [1.165, 1.54) is 5.56 Å². The number of carboxylic acids is 1. The van der Waals surface area contributed by atoms with E-state index >= 15 is 0 Å². The fraction of sp³-hybridized carbons (Fsp3) is 0.321. The van der Waals surface area contributed by atoms with Crippen LogP contribution in [0, 0.1) is 0 Å². The number of amides is 1. The predicted molar refractivity (Wildman–Crippen MR) is 131 cm³/mol. The maximum absolute atomic E-state index is 12.6. The van der Waals surface area contributed by atoms with Gasteiger partial charge in [0.15, 0.2) is 6.61 Å². The van der Waals surface area contributed by atoms with Gasteiger partial charge in [-0.25, -0.2) is 4.79 Å². The van der Waals surface area contributed by atoms with E-state index in [1.54, 1.807) is 6.20 Å². The number of hydrogen-bond acceptors (Lipinski definition) is 4. The summed E-state index contributed by atoms with van der Waals surface area (Å²) in [7, 11) is 0. The van der Waals surface area contributed by atoms with Crippen molar-refractivity contribution in [3.05, 3.63) is 83.7 Å². The second-order valence-electron chi connectivity index (χ2n) is 8.63. The molecule has 0 aliphatic heterocycles. The first-order valence-electron chi connectivity index (χ1n) is 11.8. The zero-order valence-electron chi connectivity index (χ0n) is 19.2. The lowest BCUT2D eigenvalue weighted by Crippen LogP contribution is -2.26. The van der Waals surface area contributed by atoms with Gasteiger partial charge in [-0.2, -0.15) is 0 Å². The Labute approximate surface area is 200 Å². The Bertz CT molecular complexity index is 1130. The molecule has 1 atom stereocenters. The molecule has 0 radical (unpaired) electrons. The number of pyridine rings is 1. The van der Waals surface area contributed by atoms with Crippen LogP contribution in [0.4, 0.5) is 0 Å². The van der Waals surface area contributed by atoms with Crippen LogP contribution >= 0.6 is 0 Å². The zero-order valence-corrected chi connectivity index (χ0v) is 19.2. The number of ether oxygens (including phenoxy) is 1. The maximum Gasteiger partial charge on any atom is 0.341 e. The quantitative estimate of drug-likeness (QED) is 0.457. The van der Waals surface area contributed by atoms with Crippen LogP contribution in [0.15, 0.2) is 67.0 Å². The largest absolute Gasteiger partial charge is 0.482 e. The summed E-state index contributed by atoms with van der Waals surface area (Å²) in [6.07, 6.45) is 8.55. The second-order valence-corrected chi connectivity index (χ2v) is 8.63. The van der Waals surface area contributed by atoms with Crippen molar-refractivity contribution in [2.45, 2.75) is 44.4 Å². The van der Waals surface area contributed by atoms with Crippen molar-refractivity contribution in [3.8, 4) is 16.9 Å². The third-order valence-corrected chi connectivity index (χ3v) is 6.37. The van der Waals surface area contributed by atoms with Gasteiger partial charge < -0.3 is 15.2 Å². The molecular weight excluding hydrogens is 428 g/mol. The summed E-state index contributed by atoms with van der Waals surface area (Å²) < 4.78 is 5.50. The Hall–Kier alpha value is -3.67. The first-order valence-corrected chi connectivity index (χ1v) is 11.8. The van der Waals surface area contributed by atoms with Crippen molar-refractivity contribution in [3.63, 3.8) is 0 Å². The van der Waals surface area contributed by atoms with E-state index in [4.69, 9.17) is 9.84 Å². The number of aliphatic carboxylic acids is 1. The summed E-state index contributed by atoms with van der Waals surface area (Å²) in [4.78, 5) is 27.6.